The summed E-state index contributed by atoms with van der Waals surface area (Å²) in [6.45, 7) is 0. The van der Waals surface area contributed by atoms with Gasteiger partial charge in [-0.1, -0.05) is 90.6 Å². The maximum absolute atomic E-state index is 13.3. The standard InChI is InChI=1S/C32H26N6OS2/c39-31(35-27(24-12-6-2-7-13-24)20-23-10-4-1-5-11-23)28-21-40-29(34-28)22-41-32-37-36-30(25-16-18-33-19-17-25)38(32)26-14-8-3-9-15-26/h1-19,21,27H,20,22H2,(H,35,39). The second-order valence-electron chi connectivity index (χ2n) is 9.25. The number of hydrogen-bond acceptors (Lipinski definition) is 7. The minimum Gasteiger partial charge on any atom is -0.344 e. The molecule has 1 N–H and O–H groups in total. The fourth-order valence-electron chi connectivity index (χ4n) is 4.49. The fourth-order valence-corrected chi connectivity index (χ4v) is 6.23. The molecule has 0 radical (unpaired) electrons. The second-order valence-corrected chi connectivity index (χ2v) is 11.1. The van der Waals surface area contributed by atoms with Crippen molar-refractivity contribution >= 4 is 29.0 Å². The number of thiazole rings is 1. The van der Waals surface area contributed by atoms with Gasteiger partial charge in [0.05, 0.1) is 11.8 Å². The van der Waals surface area contributed by atoms with Crippen molar-refractivity contribution in [1.82, 2.24) is 30.0 Å². The maximum atomic E-state index is 13.3. The number of carbonyl (C=O) groups is 1. The number of benzene rings is 3. The Balaban J connectivity index is 1.18. The van der Waals surface area contributed by atoms with Gasteiger partial charge in [0, 0.05) is 29.0 Å². The molecule has 9 heteroatoms. The highest BCUT2D eigenvalue weighted by Gasteiger charge is 2.20. The van der Waals surface area contributed by atoms with E-state index >= 15 is 0 Å². The zero-order chi connectivity index (χ0) is 27.9. The Morgan fingerprint density at radius 3 is 2.27 bits per heavy atom. The van der Waals surface area contributed by atoms with Gasteiger partial charge in [-0.25, -0.2) is 4.98 Å². The lowest BCUT2D eigenvalue weighted by atomic mass is 9.99. The summed E-state index contributed by atoms with van der Waals surface area (Å²) in [5.41, 5.74) is 4.53. The average molecular weight is 575 g/mol. The van der Waals surface area contributed by atoms with Crippen LogP contribution in [0.25, 0.3) is 17.1 Å². The molecule has 41 heavy (non-hydrogen) atoms. The van der Waals surface area contributed by atoms with Crippen molar-refractivity contribution in [2.24, 2.45) is 0 Å². The van der Waals surface area contributed by atoms with E-state index in [1.165, 1.54) is 23.1 Å². The van der Waals surface area contributed by atoms with Crippen LogP contribution in [0.15, 0.2) is 126 Å². The molecule has 3 aromatic heterocycles. The number of nitrogens with zero attached hydrogens (tertiary/aromatic N) is 5. The molecular formula is C32H26N6OS2. The van der Waals surface area contributed by atoms with Crippen LogP contribution in [0.2, 0.25) is 0 Å². The highest BCUT2D eigenvalue weighted by molar-refractivity contribution is 7.98. The quantitative estimate of drug-likeness (QED) is 0.181. The molecule has 0 fully saturated rings. The van der Waals surface area contributed by atoms with Crippen molar-refractivity contribution in [3.8, 4) is 17.1 Å². The van der Waals surface area contributed by atoms with Crippen molar-refractivity contribution < 1.29 is 4.79 Å². The molecule has 0 spiro atoms. The Hall–Kier alpha value is -4.60. The average Bonchev–Trinajstić information content (AvgIpc) is 3.69. The highest BCUT2D eigenvalue weighted by Crippen LogP contribution is 2.30. The van der Waals surface area contributed by atoms with Gasteiger partial charge in [0.2, 0.25) is 0 Å². The van der Waals surface area contributed by atoms with Crippen LogP contribution >= 0.6 is 23.1 Å². The summed E-state index contributed by atoms with van der Waals surface area (Å²) in [5.74, 6) is 1.12. The summed E-state index contributed by atoms with van der Waals surface area (Å²) in [7, 11) is 0. The second kappa shape index (κ2) is 12.7. The number of nitrogens with one attached hydrogen (secondary N) is 1. The number of thioether (sulfide) groups is 1. The summed E-state index contributed by atoms with van der Waals surface area (Å²) in [6, 6.07) is 33.9. The predicted octanol–water partition coefficient (Wildman–Crippen LogP) is 6.79. The number of pyridine rings is 1. The van der Waals surface area contributed by atoms with Crippen LogP contribution in [-0.2, 0) is 12.2 Å². The van der Waals surface area contributed by atoms with Gasteiger partial charge in [-0.05, 0) is 41.8 Å². The first-order valence-electron chi connectivity index (χ1n) is 13.1. The van der Waals surface area contributed by atoms with E-state index in [9.17, 15) is 4.79 Å². The Kier molecular flexibility index (Phi) is 8.25. The van der Waals surface area contributed by atoms with E-state index in [0.717, 1.165) is 38.4 Å². The lowest BCUT2D eigenvalue weighted by Gasteiger charge is -2.19. The van der Waals surface area contributed by atoms with Crippen molar-refractivity contribution in [2.75, 3.05) is 0 Å². The summed E-state index contributed by atoms with van der Waals surface area (Å²) in [5, 5.41) is 15.6. The molecule has 3 heterocycles. The molecule has 0 bridgehead atoms. The van der Waals surface area contributed by atoms with Crippen molar-refractivity contribution in [2.45, 2.75) is 23.4 Å². The largest absolute Gasteiger partial charge is 0.344 e. The van der Waals surface area contributed by atoms with E-state index in [2.05, 4.69) is 37.6 Å². The Bertz CT molecular complexity index is 1710. The van der Waals surface area contributed by atoms with Crippen molar-refractivity contribution in [1.29, 1.82) is 0 Å². The molecule has 0 aliphatic rings. The van der Waals surface area contributed by atoms with Crippen LogP contribution in [0.3, 0.4) is 0 Å². The fraction of sp³-hybridized carbons (Fsp3) is 0.0938. The van der Waals surface area contributed by atoms with Crippen molar-refractivity contribution in [3.63, 3.8) is 0 Å². The third-order valence-electron chi connectivity index (χ3n) is 6.49. The van der Waals surface area contributed by atoms with Gasteiger partial charge in [0.1, 0.15) is 10.7 Å². The monoisotopic (exact) mass is 574 g/mol. The molecule has 6 rings (SSSR count). The van der Waals surface area contributed by atoms with Crippen molar-refractivity contribution in [3.05, 3.63) is 143 Å². The van der Waals surface area contributed by atoms with E-state index in [1.807, 2.05) is 101 Å². The van der Waals surface area contributed by atoms with E-state index in [4.69, 9.17) is 0 Å². The zero-order valence-corrected chi connectivity index (χ0v) is 23.6. The van der Waals surface area contributed by atoms with Gasteiger partial charge >= 0.3 is 0 Å². The summed E-state index contributed by atoms with van der Waals surface area (Å²) >= 11 is 3.01. The van der Waals surface area contributed by atoms with Crippen LogP contribution in [0.5, 0.6) is 0 Å². The van der Waals surface area contributed by atoms with E-state index in [0.29, 0.717) is 17.9 Å². The minimum absolute atomic E-state index is 0.165. The molecule has 1 atom stereocenters. The maximum Gasteiger partial charge on any atom is 0.271 e. The first-order valence-corrected chi connectivity index (χ1v) is 15.0. The number of carbonyl (C=O) groups excluding carboxylic acids is 1. The molecule has 0 saturated carbocycles. The number of aromatic nitrogens is 5. The van der Waals surface area contributed by atoms with Gasteiger partial charge in [0.25, 0.3) is 5.91 Å². The molecule has 0 saturated heterocycles. The normalized spacial score (nSPS) is 11.7. The topological polar surface area (TPSA) is 85.6 Å². The van der Waals surface area contributed by atoms with Crippen LogP contribution in [0.4, 0.5) is 0 Å². The van der Waals surface area contributed by atoms with Gasteiger partial charge in [-0.3, -0.25) is 14.3 Å². The Labute approximate surface area is 246 Å². The van der Waals surface area contributed by atoms with E-state index in [-0.39, 0.29) is 11.9 Å². The summed E-state index contributed by atoms with van der Waals surface area (Å²) < 4.78 is 2.04. The molecule has 1 unspecified atom stereocenters. The van der Waals surface area contributed by atoms with Gasteiger partial charge < -0.3 is 5.32 Å². The molecule has 0 aliphatic heterocycles. The summed E-state index contributed by atoms with van der Waals surface area (Å²) in [6.07, 6.45) is 4.19. The zero-order valence-electron chi connectivity index (χ0n) is 22.0. The smallest absolute Gasteiger partial charge is 0.271 e. The van der Waals surface area contributed by atoms with Crippen LogP contribution in [-0.4, -0.2) is 30.6 Å². The lowest BCUT2D eigenvalue weighted by molar-refractivity contribution is 0.0932. The molecular weight excluding hydrogens is 549 g/mol. The van der Waals surface area contributed by atoms with E-state index < -0.39 is 0 Å². The van der Waals surface area contributed by atoms with Crippen LogP contribution < -0.4 is 5.32 Å². The molecule has 6 aromatic rings. The Morgan fingerprint density at radius 2 is 1.54 bits per heavy atom. The van der Waals surface area contributed by atoms with Gasteiger partial charge in [-0.2, -0.15) is 0 Å². The molecule has 202 valence electrons. The summed E-state index contributed by atoms with van der Waals surface area (Å²) in [4.78, 5) is 22.1. The molecule has 3 aromatic carbocycles. The number of rotatable bonds is 10. The first-order chi connectivity index (χ1) is 20.2. The number of hydrogen-bond donors (Lipinski definition) is 1. The number of amides is 1. The number of para-hydroxylation sites is 1. The van der Waals surface area contributed by atoms with Crippen LogP contribution in [0, 0.1) is 0 Å². The first kappa shape index (κ1) is 26.6. The predicted molar refractivity (Wildman–Crippen MR) is 163 cm³/mol. The molecule has 1 amide bonds. The molecule has 0 aliphatic carbocycles. The lowest BCUT2D eigenvalue weighted by Crippen LogP contribution is -2.30. The minimum atomic E-state index is -0.185. The third-order valence-corrected chi connectivity index (χ3v) is 8.46. The SMILES string of the molecule is O=C(NC(Cc1ccccc1)c1ccccc1)c1csc(CSc2nnc(-c3ccncc3)n2-c2ccccc2)n1. The highest BCUT2D eigenvalue weighted by atomic mass is 32.2. The van der Waals surface area contributed by atoms with Gasteiger partial charge in [-0.15, -0.1) is 21.5 Å². The van der Waals surface area contributed by atoms with Crippen LogP contribution in [0.1, 0.15) is 32.7 Å². The Morgan fingerprint density at radius 1 is 0.854 bits per heavy atom. The molecule has 7 nitrogen and oxygen atoms in total. The van der Waals surface area contributed by atoms with E-state index in [1.54, 1.807) is 12.4 Å². The van der Waals surface area contributed by atoms with Gasteiger partial charge in [0.15, 0.2) is 11.0 Å². The third kappa shape index (κ3) is 6.42.